The number of anilines is 1. The summed E-state index contributed by atoms with van der Waals surface area (Å²) in [6.45, 7) is 0.579. The van der Waals surface area contributed by atoms with Gasteiger partial charge in [0.05, 0.1) is 74.7 Å². The van der Waals surface area contributed by atoms with Crippen molar-refractivity contribution in [1.82, 2.24) is 9.80 Å². The molecule has 4 heterocycles. The van der Waals surface area contributed by atoms with Gasteiger partial charge in [-0.3, -0.25) is 19.6 Å². The molecule has 4 aromatic carbocycles. The van der Waals surface area contributed by atoms with Crippen LogP contribution >= 0.6 is 0 Å². The maximum absolute atomic E-state index is 13.8. The number of esters is 1. The number of benzene rings is 4. The molecular weight excluding hydrogens is 727 g/mol. The van der Waals surface area contributed by atoms with E-state index in [1.165, 1.54) is 21.3 Å². The molecule has 57 heavy (non-hydrogen) atoms. The van der Waals surface area contributed by atoms with Crippen LogP contribution in [0.3, 0.4) is 0 Å². The highest BCUT2D eigenvalue weighted by Crippen LogP contribution is 2.42. The SMILES string of the molecule is CNc1ccc(C2=CN3C(=O)c4cc(OC)c(OCCCOc5cc6c(cc5OC)C(=O)N5C=C(c7ccc(C(=O)OC)cc7)C[C@H]5C=N6)cc4N=C[C@@H]3C2)cc1. The van der Waals surface area contributed by atoms with Gasteiger partial charge >= 0.3 is 5.97 Å². The Morgan fingerprint density at radius 1 is 0.684 bits per heavy atom. The van der Waals surface area contributed by atoms with Crippen molar-refractivity contribution < 1.29 is 38.1 Å². The Kier molecular flexibility index (Phi) is 10.2. The molecule has 4 aliphatic rings. The molecule has 0 aliphatic carbocycles. The first-order valence-electron chi connectivity index (χ1n) is 18.6. The molecule has 1 N–H and O–H groups in total. The highest BCUT2D eigenvalue weighted by molar-refractivity contribution is 6.06. The molecule has 0 spiro atoms. The molecule has 8 rings (SSSR count). The second kappa shape index (κ2) is 15.7. The smallest absolute Gasteiger partial charge is 0.337 e. The number of methoxy groups -OCH3 is 3. The fraction of sp³-hybridized carbons (Fsp3) is 0.250. The van der Waals surface area contributed by atoms with Gasteiger partial charge in [0.2, 0.25) is 0 Å². The summed E-state index contributed by atoms with van der Waals surface area (Å²) in [5.74, 6) is 0.990. The molecule has 0 radical (unpaired) electrons. The van der Waals surface area contributed by atoms with Crippen LogP contribution in [0.2, 0.25) is 0 Å². The predicted molar refractivity (Wildman–Crippen MR) is 217 cm³/mol. The van der Waals surface area contributed by atoms with Gasteiger partial charge in [-0.25, -0.2) is 4.79 Å². The number of hydrogen-bond donors (Lipinski definition) is 1. The van der Waals surface area contributed by atoms with E-state index in [9.17, 15) is 14.4 Å². The van der Waals surface area contributed by atoms with Gasteiger partial charge < -0.3 is 38.8 Å². The van der Waals surface area contributed by atoms with Crippen molar-refractivity contribution in [2.24, 2.45) is 9.98 Å². The van der Waals surface area contributed by atoms with Crippen LogP contribution in [0.5, 0.6) is 23.0 Å². The van der Waals surface area contributed by atoms with E-state index in [2.05, 4.69) is 10.3 Å². The Morgan fingerprint density at radius 2 is 1.16 bits per heavy atom. The zero-order chi connectivity index (χ0) is 39.6. The molecule has 4 aliphatic heterocycles. The number of aliphatic imine (C=N–C) groups is 2. The Labute approximate surface area is 329 Å². The van der Waals surface area contributed by atoms with Gasteiger partial charge in [-0.05, 0) is 58.7 Å². The van der Waals surface area contributed by atoms with E-state index in [1.54, 1.807) is 52.4 Å². The van der Waals surface area contributed by atoms with E-state index < -0.39 is 5.97 Å². The quantitative estimate of drug-likeness (QED) is 0.116. The van der Waals surface area contributed by atoms with Crippen molar-refractivity contribution in [3.05, 3.63) is 113 Å². The van der Waals surface area contributed by atoms with Gasteiger partial charge in [0.1, 0.15) is 0 Å². The fourth-order valence-electron chi connectivity index (χ4n) is 7.35. The molecule has 2 atom stereocenters. The molecule has 0 saturated heterocycles. The lowest BCUT2D eigenvalue weighted by atomic mass is 10.0. The summed E-state index contributed by atoms with van der Waals surface area (Å²) in [5, 5.41) is 3.13. The lowest BCUT2D eigenvalue weighted by molar-refractivity contribution is 0.0600. The lowest BCUT2D eigenvalue weighted by Crippen LogP contribution is -2.32. The average molecular weight is 768 g/mol. The minimum absolute atomic E-state index is 0.154. The first kappa shape index (κ1) is 37.1. The predicted octanol–water partition coefficient (Wildman–Crippen LogP) is 7.32. The number of amides is 2. The van der Waals surface area contributed by atoms with Gasteiger partial charge in [-0.1, -0.05) is 24.3 Å². The van der Waals surface area contributed by atoms with E-state index in [0.29, 0.717) is 76.9 Å². The molecule has 0 saturated carbocycles. The van der Waals surface area contributed by atoms with E-state index in [1.807, 2.05) is 62.1 Å². The zero-order valence-corrected chi connectivity index (χ0v) is 32.0. The summed E-state index contributed by atoms with van der Waals surface area (Å²) in [7, 11) is 6.29. The minimum atomic E-state index is -0.405. The van der Waals surface area contributed by atoms with Crippen LogP contribution in [-0.4, -0.2) is 93.7 Å². The molecule has 13 heteroatoms. The highest BCUT2D eigenvalue weighted by Gasteiger charge is 2.35. The number of rotatable bonds is 12. The minimum Gasteiger partial charge on any atom is -0.493 e. The van der Waals surface area contributed by atoms with Crippen LogP contribution in [0.15, 0.2) is 95.2 Å². The average Bonchev–Trinajstić information content (AvgIpc) is 3.83. The highest BCUT2D eigenvalue weighted by atomic mass is 16.5. The first-order chi connectivity index (χ1) is 27.8. The van der Waals surface area contributed by atoms with Crippen LogP contribution in [-0.2, 0) is 4.74 Å². The summed E-state index contributed by atoms with van der Waals surface area (Å²) in [5.41, 5.74) is 7.31. The van der Waals surface area contributed by atoms with Gasteiger partial charge in [-0.2, -0.15) is 0 Å². The van der Waals surface area contributed by atoms with Gasteiger partial charge in [0.15, 0.2) is 23.0 Å². The Hall–Kier alpha value is -6.89. The Bertz CT molecular complexity index is 2370. The molecule has 13 nitrogen and oxygen atoms in total. The summed E-state index contributed by atoms with van der Waals surface area (Å²) >= 11 is 0. The van der Waals surface area contributed by atoms with Crippen molar-refractivity contribution in [2.45, 2.75) is 31.3 Å². The molecule has 2 amide bonds. The fourth-order valence-corrected chi connectivity index (χ4v) is 7.35. The van der Waals surface area contributed by atoms with Crippen molar-refractivity contribution >= 4 is 58.4 Å². The molecule has 4 aromatic rings. The second-order valence-electron chi connectivity index (χ2n) is 13.8. The van der Waals surface area contributed by atoms with E-state index >= 15 is 0 Å². The van der Waals surface area contributed by atoms with Crippen molar-refractivity contribution in [2.75, 3.05) is 46.9 Å². The zero-order valence-electron chi connectivity index (χ0n) is 32.0. The maximum atomic E-state index is 13.8. The Morgan fingerprint density at radius 3 is 1.60 bits per heavy atom. The maximum Gasteiger partial charge on any atom is 0.337 e. The van der Waals surface area contributed by atoms with Crippen molar-refractivity contribution in [1.29, 1.82) is 0 Å². The Balaban J connectivity index is 0.901. The second-order valence-corrected chi connectivity index (χ2v) is 13.8. The van der Waals surface area contributed by atoms with E-state index in [4.69, 9.17) is 28.7 Å². The van der Waals surface area contributed by atoms with Crippen LogP contribution in [0, 0.1) is 0 Å². The molecular formula is C44H41N5O8. The third kappa shape index (κ3) is 7.19. The standard InChI is InChI=1S/C44H41N5O8/c1-45-31-12-10-27(11-13-31)30-17-33-23-47-37-21-41(39(54-3)19-35(37)43(51)49(33)25-30)57-15-5-14-56-40-20-36-34(18-38(40)53-2)42(50)48-24-29(16-32(48)22-46-36)26-6-8-28(9-7-26)44(52)55-4/h6-13,18-25,32-33,45H,5,14-17H2,1-4H3/t32-,33-/m0/s1. The van der Waals surface area contributed by atoms with Crippen LogP contribution in [0.4, 0.5) is 17.1 Å². The lowest BCUT2D eigenvalue weighted by Gasteiger charge is -2.19. The molecule has 0 aromatic heterocycles. The van der Waals surface area contributed by atoms with Crippen LogP contribution < -0.4 is 24.3 Å². The number of ether oxygens (including phenoxy) is 5. The number of carbonyl (C=O) groups excluding carboxylic acids is 3. The summed E-state index contributed by atoms with van der Waals surface area (Å²) in [6.07, 6.45) is 9.08. The summed E-state index contributed by atoms with van der Waals surface area (Å²) < 4.78 is 28.3. The van der Waals surface area contributed by atoms with Crippen molar-refractivity contribution in [3.8, 4) is 23.0 Å². The molecule has 290 valence electrons. The van der Waals surface area contributed by atoms with Gasteiger partial charge in [-0.15, -0.1) is 0 Å². The molecule has 0 unspecified atom stereocenters. The van der Waals surface area contributed by atoms with Crippen molar-refractivity contribution in [3.63, 3.8) is 0 Å². The van der Waals surface area contributed by atoms with Crippen LogP contribution in [0.1, 0.15) is 61.5 Å². The van der Waals surface area contributed by atoms with Gasteiger partial charge in [0, 0.05) is 69.0 Å². The summed E-state index contributed by atoms with van der Waals surface area (Å²) in [4.78, 5) is 52.2. The third-order valence-corrected chi connectivity index (χ3v) is 10.5. The van der Waals surface area contributed by atoms with E-state index in [0.717, 1.165) is 28.0 Å². The third-order valence-electron chi connectivity index (χ3n) is 10.5. The number of hydrogen-bond acceptors (Lipinski definition) is 11. The normalized spacial score (nSPS) is 17.7. The number of nitrogens with zero attached hydrogens (tertiary/aromatic N) is 4. The summed E-state index contributed by atoms with van der Waals surface area (Å²) in [6, 6.07) is 21.6. The topological polar surface area (TPSA) is 141 Å². The number of fused-ring (bicyclic) bond motifs is 4. The number of nitrogens with one attached hydrogen (secondary N) is 1. The largest absolute Gasteiger partial charge is 0.493 e. The first-order valence-corrected chi connectivity index (χ1v) is 18.6. The van der Waals surface area contributed by atoms with Crippen LogP contribution in [0.25, 0.3) is 11.1 Å². The van der Waals surface area contributed by atoms with E-state index in [-0.39, 0.29) is 30.5 Å². The van der Waals surface area contributed by atoms with Gasteiger partial charge in [0.25, 0.3) is 11.8 Å². The molecule has 0 fully saturated rings. The number of carbonyl (C=O) groups is 3. The monoisotopic (exact) mass is 767 g/mol. The molecule has 0 bridgehead atoms.